The molecule has 5 rings (SSSR count). The molecule has 1 aliphatic heterocycles. The molecule has 0 spiro atoms. The fourth-order valence-electron chi connectivity index (χ4n) is 3.46. The summed E-state index contributed by atoms with van der Waals surface area (Å²) in [6.45, 7) is 1.07. The fourth-order valence-corrected chi connectivity index (χ4v) is 3.46. The molecule has 1 amide bonds. The van der Waals surface area contributed by atoms with Crippen LogP contribution in [0, 0.1) is 0 Å². The number of amides is 1. The number of rotatable bonds is 4. The van der Waals surface area contributed by atoms with E-state index in [0.29, 0.717) is 47.5 Å². The van der Waals surface area contributed by atoms with Crippen molar-refractivity contribution in [1.82, 2.24) is 9.97 Å². The van der Waals surface area contributed by atoms with Crippen LogP contribution in [0.1, 0.15) is 10.4 Å². The molecule has 150 valence electrons. The van der Waals surface area contributed by atoms with Gasteiger partial charge in [0.1, 0.15) is 24.8 Å². The van der Waals surface area contributed by atoms with E-state index in [9.17, 15) is 4.79 Å². The van der Waals surface area contributed by atoms with Gasteiger partial charge in [-0.1, -0.05) is 24.3 Å². The van der Waals surface area contributed by atoms with Crippen LogP contribution in [-0.4, -0.2) is 36.2 Å². The van der Waals surface area contributed by atoms with Crippen molar-refractivity contribution in [3.05, 3.63) is 66.2 Å². The maximum absolute atomic E-state index is 12.7. The molecule has 7 nitrogen and oxygen atoms in total. The van der Waals surface area contributed by atoms with Crippen molar-refractivity contribution in [3.63, 3.8) is 0 Å². The quantitative estimate of drug-likeness (QED) is 0.534. The molecular weight excluding hydrogens is 382 g/mol. The third-order valence-corrected chi connectivity index (χ3v) is 4.89. The summed E-state index contributed by atoms with van der Waals surface area (Å²) >= 11 is 0. The Morgan fingerprint density at radius 2 is 1.83 bits per heavy atom. The first-order valence-corrected chi connectivity index (χ1v) is 9.55. The van der Waals surface area contributed by atoms with E-state index >= 15 is 0 Å². The number of fused-ring (bicyclic) bond motifs is 2. The van der Waals surface area contributed by atoms with Gasteiger partial charge in [0.25, 0.3) is 5.91 Å². The number of nitrogens with zero attached hydrogens (tertiary/aromatic N) is 1. The van der Waals surface area contributed by atoms with Crippen molar-refractivity contribution in [2.24, 2.45) is 0 Å². The molecular formula is C23H19N3O4. The van der Waals surface area contributed by atoms with Gasteiger partial charge in [0.05, 0.1) is 23.7 Å². The molecule has 4 aromatic rings. The van der Waals surface area contributed by atoms with Gasteiger partial charge >= 0.3 is 0 Å². The molecule has 0 saturated carbocycles. The number of imidazole rings is 1. The maximum Gasteiger partial charge on any atom is 0.259 e. The smallest absolute Gasteiger partial charge is 0.259 e. The van der Waals surface area contributed by atoms with Crippen LogP contribution in [-0.2, 0) is 0 Å². The maximum atomic E-state index is 12.7. The number of para-hydroxylation sites is 1. The van der Waals surface area contributed by atoms with E-state index in [4.69, 9.17) is 14.2 Å². The van der Waals surface area contributed by atoms with Crippen LogP contribution in [0.25, 0.3) is 22.4 Å². The number of H-pyrrole nitrogens is 1. The largest absolute Gasteiger partial charge is 0.496 e. The normalized spacial score (nSPS) is 12.6. The van der Waals surface area contributed by atoms with Crippen LogP contribution in [0.3, 0.4) is 0 Å². The standard InChI is InChI=1S/C23H19N3O4/c1-28-19-8-3-2-7-16(19)23(27)24-15-6-4-5-14(11-15)22-25-17-12-20-21(13-18(17)26-22)30-10-9-29-20/h2-8,11-13H,9-10H2,1H3,(H,24,27)(H,25,26). The molecule has 0 saturated heterocycles. The minimum atomic E-state index is -0.240. The van der Waals surface area contributed by atoms with Crippen molar-refractivity contribution in [2.45, 2.75) is 0 Å². The van der Waals surface area contributed by atoms with E-state index < -0.39 is 0 Å². The van der Waals surface area contributed by atoms with E-state index in [-0.39, 0.29) is 5.91 Å². The monoisotopic (exact) mass is 401 g/mol. The van der Waals surface area contributed by atoms with Crippen LogP contribution in [0.15, 0.2) is 60.7 Å². The Morgan fingerprint density at radius 1 is 1.03 bits per heavy atom. The molecule has 0 bridgehead atoms. The predicted octanol–water partition coefficient (Wildman–Crippen LogP) is 4.26. The topological polar surface area (TPSA) is 85.5 Å². The average molecular weight is 401 g/mol. The third kappa shape index (κ3) is 3.30. The average Bonchev–Trinajstić information content (AvgIpc) is 3.20. The Labute approximate surface area is 172 Å². The summed E-state index contributed by atoms with van der Waals surface area (Å²) < 4.78 is 16.6. The number of anilines is 1. The van der Waals surface area contributed by atoms with Crippen LogP contribution in [0.4, 0.5) is 5.69 Å². The highest BCUT2D eigenvalue weighted by atomic mass is 16.6. The summed E-state index contributed by atoms with van der Waals surface area (Å²) in [4.78, 5) is 20.7. The van der Waals surface area contributed by atoms with E-state index in [2.05, 4.69) is 15.3 Å². The zero-order valence-electron chi connectivity index (χ0n) is 16.3. The number of hydrogen-bond acceptors (Lipinski definition) is 5. The first kappa shape index (κ1) is 18.1. The molecule has 30 heavy (non-hydrogen) atoms. The molecule has 0 aliphatic carbocycles. The molecule has 3 aromatic carbocycles. The summed E-state index contributed by atoms with van der Waals surface area (Å²) in [7, 11) is 1.54. The van der Waals surface area contributed by atoms with Gasteiger partial charge in [-0.15, -0.1) is 0 Å². The van der Waals surface area contributed by atoms with Crippen molar-refractivity contribution in [1.29, 1.82) is 0 Å². The van der Waals surface area contributed by atoms with E-state index in [1.54, 1.807) is 25.3 Å². The second-order valence-electron chi connectivity index (χ2n) is 6.83. The van der Waals surface area contributed by atoms with Gasteiger partial charge in [-0.05, 0) is 24.3 Å². The lowest BCUT2D eigenvalue weighted by molar-refractivity contribution is 0.102. The number of aromatic amines is 1. The Balaban J connectivity index is 1.44. The molecule has 1 aromatic heterocycles. The molecule has 2 N–H and O–H groups in total. The van der Waals surface area contributed by atoms with Gasteiger partial charge in [0, 0.05) is 23.4 Å². The number of carbonyl (C=O) groups excluding carboxylic acids is 1. The Morgan fingerprint density at radius 3 is 2.67 bits per heavy atom. The first-order valence-electron chi connectivity index (χ1n) is 9.55. The fraction of sp³-hybridized carbons (Fsp3) is 0.130. The van der Waals surface area contributed by atoms with Gasteiger partial charge in [0.15, 0.2) is 11.5 Å². The SMILES string of the molecule is COc1ccccc1C(=O)Nc1cccc(-c2nc3cc4c(cc3[nH]2)OCCO4)c1. The van der Waals surface area contributed by atoms with Crippen LogP contribution in [0.5, 0.6) is 17.2 Å². The van der Waals surface area contributed by atoms with Crippen molar-refractivity contribution in [2.75, 3.05) is 25.6 Å². The van der Waals surface area contributed by atoms with Gasteiger partial charge in [-0.25, -0.2) is 4.98 Å². The highest BCUT2D eigenvalue weighted by Crippen LogP contribution is 2.35. The summed E-state index contributed by atoms with van der Waals surface area (Å²) in [6.07, 6.45) is 0. The van der Waals surface area contributed by atoms with Gasteiger partial charge in [-0.2, -0.15) is 0 Å². The van der Waals surface area contributed by atoms with Crippen molar-refractivity contribution >= 4 is 22.6 Å². The van der Waals surface area contributed by atoms with Crippen molar-refractivity contribution in [3.8, 4) is 28.6 Å². The molecule has 2 heterocycles. The van der Waals surface area contributed by atoms with Crippen LogP contribution < -0.4 is 19.5 Å². The van der Waals surface area contributed by atoms with Crippen molar-refractivity contribution < 1.29 is 19.0 Å². The van der Waals surface area contributed by atoms with Gasteiger partial charge in [0.2, 0.25) is 0 Å². The van der Waals surface area contributed by atoms with Crippen LogP contribution in [0.2, 0.25) is 0 Å². The minimum Gasteiger partial charge on any atom is -0.496 e. The number of nitrogens with one attached hydrogen (secondary N) is 2. The number of aromatic nitrogens is 2. The molecule has 0 fully saturated rings. The number of carbonyl (C=O) groups is 1. The molecule has 0 radical (unpaired) electrons. The molecule has 0 atom stereocenters. The summed E-state index contributed by atoms with van der Waals surface area (Å²) in [5, 5.41) is 2.92. The van der Waals surface area contributed by atoms with Crippen LogP contribution >= 0.6 is 0 Å². The van der Waals surface area contributed by atoms with E-state index in [0.717, 1.165) is 16.6 Å². The lowest BCUT2D eigenvalue weighted by atomic mass is 10.1. The van der Waals surface area contributed by atoms with Gasteiger partial charge < -0.3 is 24.5 Å². The van der Waals surface area contributed by atoms with E-state index in [1.807, 2.05) is 42.5 Å². The number of ether oxygens (including phenoxy) is 3. The lowest BCUT2D eigenvalue weighted by Gasteiger charge is -2.17. The Bertz CT molecular complexity index is 1210. The molecule has 1 aliphatic rings. The number of benzene rings is 3. The minimum absolute atomic E-state index is 0.240. The van der Waals surface area contributed by atoms with Gasteiger partial charge in [-0.3, -0.25) is 4.79 Å². The number of methoxy groups -OCH3 is 1. The zero-order chi connectivity index (χ0) is 20.5. The number of hydrogen-bond donors (Lipinski definition) is 2. The Kier molecular flexibility index (Phi) is 4.48. The summed E-state index contributed by atoms with van der Waals surface area (Å²) in [5.41, 5.74) is 3.63. The second kappa shape index (κ2) is 7.44. The Hall–Kier alpha value is -4.00. The van der Waals surface area contributed by atoms with E-state index in [1.165, 1.54) is 0 Å². The summed E-state index contributed by atoms with van der Waals surface area (Å²) in [6, 6.07) is 18.4. The summed E-state index contributed by atoms with van der Waals surface area (Å²) in [5.74, 6) is 2.39. The highest BCUT2D eigenvalue weighted by Gasteiger charge is 2.16. The molecule has 7 heteroatoms. The highest BCUT2D eigenvalue weighted by molar-refractivity contribution is 6.06. The zero-order valence-corrected chi connectivity index (χ0v) is 16.3. The molecule has 0 unspecified atom stereocenters. The first-order chi connectivity index (χ1) is 14.7. The third-order valence-electron chi connectivity index (χ3n) is 4.89. The predicted molar refractivity (Wildman–Crippen MR) is 113 cm³/mol. The second-order valence-corrected chi connectivity index (χ2v) is 6.83. The lowest BCUT2D eigenvalue weighted by Crippen LogP contribution is -2.15.